The van der Waals surface area contributed by atoms with Gasteiger partial charge in [0.15, 0.2) is 11.9 Å². The number of ether oxygens (including phenoxy) is 1. The first-order valence-corrected chi connectivity index (χ1v) is 10.5. The zero-order valence-electron chi connectivity index (χ0n) is 18.6. The fraction of sp³-hybridized carbons (Fsp3) is 0.182. The molecule has 3 aromatic rings. The Bertz CT molecular complexity index is 1460. The van der Waals surface area contributed by atoms with Gasteiger partial charge in [0.05, 0.1) is 10.6 Å². The molecule has 0 aliphatic carbocycles. The van der Waals surface area contributed by atoms with E-state index >= 15 is 4.39 Å². The third-order valence-corrected chi connectivity index (χ3v) is 5.34. The highest BCUT2D eigenvalue weighted by Gasteiger charge is 2.40. The number of hydrogen-bond donors (Lipinski definition) is 2. The molecule has 15 heteroatoms. The van der Waals surface area contributed by atoms with Crippen molar-refractivity contribution in [2.45, 2.75) is 25.7 Å². The number of nitrogens with zero attached hydrogens (tertiary/aromatic N) is 3. The zero-order valence-corrected chi connectivity index (χ0v) is 19.4. The Hall–Kier alpha value is -4.20. The largest absolute Gasteiger partial charge is 0.480 e. The first-order chi connectivity index (χ1) is 17.2. The van der Waals surface area contributed by atoms with E-state index in [1.54, 1.807) is 0 Å². The van der Waals surface area contributed by atoms with Gasteiger partial charge in [-0.1, -0.05) is 23.7 Å². The second kappa shape index (κ2) is 10.0. The van der Waals surface area contributed by atoms with Gasteiger partial charge in [-0.05, 0) is 19.1 Å². The summed E-state index contributed by atoms with van der Waals surface area (Å²) in [5.74, 6) is -7.90. The normalized spacial score (nSPS) is 12.3. The summed E-state index contributed by atoms with van der Waals surface area (Å²) in [4.78, 5) is 36.7. The number of carboxylic acids is 1. The number of halogens is 6. The van der Waals surface area contributed by atoms with Crippen molar-refractivity contribution in [2.75, 3.05) is 0 Å². The Balaban J connectivity index is 2.50. The molecule has 9 nitrogen and oxygen atoms in total. The second-order valence-electron chi connectivity index (χ2n) is 7.44. The molecule has 1 heterocycles. The molecule has 0 aliphatic heterocycles. The highest BCUT2D eigenvalue weighted by atomic mass is 35.5. The van der Waals surface area contributed by atoms with E-state index in [1.165, 1.54) is 0 Å². The first kappa shape index (κ1) is 27.4. The van der Waals surface area contributed by atoms with Crippen LogP contribution < -0.4 is 16.2 Å². The molecule has 0 saturated carbocycles. The first-order valence-electron chi connectivity index (χ1n) is 10.1. The average molecular weight is 547 g/mol. The van der Waals surface area contributed by atoms with Crippen LogP contribution in [0.15, 0.2) is 41.7 Å². The van der Waals surface area contributed by atoms with E-state index in [2.05, 4.69) is 11.7 Å². The molecule has 0 saturated heterocycles. The van der Waals surface area contributed by atoms with Gasteiger partial charge in [0.1, 0.15) is 17.3 Å². The van der Waals surface area contributed by atoms with E-state index in [-0.39, 0.29) is 11.2 Å². The number of aromatic nitrogens is 3. The zero-order chi connectivity index (χ0) is 27.8. The molecule has 1 atom stereocenters. The van der Waals surface area contributed by atoms with E-state index in [0.29, 0.717) is 17.6 Å². The lowest BCUT2D eigenvalue weighted by Gasteiger charge is -2.23. The maximum Gasteiger partial charge on any atom is 0.425 e. The van der Waals surface area contributed by atoms with Crippen molar-refractivity contribution in [1.82, 2.24) is 14.3 Å². The lowest BCUT2D eigenvalue weighted by Crippen LogP contribution is -2.32. The van der Waals surface area contributed by atoms with Crippen LogP contribution in [-0.2, 0) is 6.54 Å². The van der Waals surface area contributed by atoms with Gasteiger partial charge in [0.2, 0.25) is 5.82 Å². The van der Waals surface area contributed by atoms with Crippen LogP contribution in [0.4, 0.5) is 22.0 Å². The van der Waals surface area contributed by atoms with Crippen molar-refractivity contribution < 1.29 is 41.4 Å². The minimum absolute atomic E-state index is 0.187. The standard InChI is InChI=1S/C22H16ClF5N4O5/c1-3-7-31-19(20(34)35)30-32(21(31)36)12-8-13(37-9(2)22(26,27)28)15(16(17(12)25)18(29)33)14-10(23)5-4-6-11(14)24/h3-6,8-9H,1,7H2,2H3,(H2,29,33)(H,34,35)/t9-/m0/s1. The topological polar surface area (TPSA) is 129 Å². The molecule has 196 valence electrons. The summed E-state index contributed by atoms with van der Waals surface area (Å²) in [5, 5.41) is 12.4. The fourth-order valence-electron chi connectivity index (χ4n) is 3.35. The molecule has 0 fully saturated rings. The smallest absolute Gasteiger partial charge is 0.425 e. The number of rotatable bonds is 8. The molecule has 0 bridgehead atoms. The number of amides is 1. The summed E-state index contributed by atoms with van der Waals surface area (Å²) in [6.07, 6.45) is -6.43. The predicted molar refractivity (Wildman–Crippen MR) is 120 cm³/mol. The highest BCUT2D eigenvalue weighted by molar-refractivity contribution is 6.33. The summed E-state index contributed by atoms with van der Waals surface area (Å²) in [7, 11) is 0. The molecule has 0 unspecified atom stereocenters. The molecule has 1 amide bonds. The van der Waals surface area contributed by atoms with E-state index in [0.717, 1.165) is 24.3 Å². The summed E-state index contributed by atoms with van der Waals surface area (Å²) in [5.41, 5.74) is 0.319. The van der Waals surface area contributed by atoms with Crippen molar-refractivity contribution in [3.8, 4) is 22.6 Å². The van der Waals surface area contributed by atoms with Crippen molar-refractivity contribution in [3.63, 3.8) is 0 Å². The molecule has 3 rings (SSSR count). The van der Waals surface area contributed by atoms with E-state index in [1.807, 2.05) is 0 Å². The third-order valence-electron chi connectivity index (χ3n) is 5.03. The lowest BCUT2D eigenvalue weighted by atomic mass is 9.95. The van der Waals surface area contributed by atoms with Crippen molar-refractivity contribution in [2.24, 2.45) is 5.73 Å². The fourth-order valence-corrected chi connectivity index (χ4v) is 3.60. The van der Waals surface area contributed by atoms with Gasteiger partial charge >= 0.3 is 17.8 Å². The van der Waals surface area contributed by atoms with Crippen LogP contribution in [0.1, 0.15) is 27.9 Å². The molecule has 37 heavy (non-hydrogen) atoms. The Kier molecular flexibility index (Phi) is 7.44. The Morgan fingerprint density at radius 1 is 1.30 bits per heavy atom. The van der Waals surface area contributed by atoms with Crippen molar-refractivity contribution in [3.05, 3.63) is 75.4 Å². The average Bonchev–Trinajstić information content (AvgIpc) is 3.10. The number of carbonyl (C=O) groups is 2. The number of primary amides is 1. The van der Waals surface area contributed by atoms with Crippen LogP contribution in [0.5, 0.6) is 5.75 Å². The molecule has 1 aromatic heterocycles. The number of carbonyl (C=O) groups excluding carboxylic acids is 1. The number of alkyl halides is 3. The summed E-state index contributed by atoms with van der Waals surface area (Å²) < 4.78 is 76.3. The van der Waals surface area contributed by atoms with Gasteiger partial charge in [-0.25, -0.2) is 18.4 Å². The van der Waals surface area contributed by atoms with E-state index < -0.39 is 80.5 Å². The van der Waals surface area contributed by atoms with Crippen molar-refractivity contribution in [1.29, 1.82) is 0 Å². The van der Waals surface area contributed by atoms with Gasteiger partial charge < -0.3 is 15.6 Å². The van der Waals surface area contributed by atoms with Crippen molar-refractivity contribution >= 4 is 23.5 Å². The molecule has 3 N–H and O–H groups in total. The van der Waals surface area contributed by atoms with Gasteiger partial charge in [-0.2, -0.15) is 17.9 Å². The van der Waals surface area contributed by atoms with E-state index in [9.17, 15) is 37.1 Å². The Morgan fingerprint density at radius 2 is 1.95 bits per heavy atom. The number of aromatic carboxylic acids is 1. The number of carboxylic acid groups (broad SMARTS) is 1. The summed E-state index contributed by atoms with van der Waals surface area (Å²) >= 11 is 6.03. The van der Waals surface area contributed by atoms with Crippen LogP contribution >= 0.6 is 11.6 Å². The number of benzene rings is 2. The Labute approximate surface area is 209 Å². The lowest BCUT2D eigenvalue weighted by molar-refractivity contribution is -0.189. The molecule has 2 aromatic carbocycles. The third kappa shape index (κ3) is 5.05. The highest BCUT2D eigenvalue weighted by Crippen LogP contribution is 2.43. The minimum Gasteiger partial charge on any atom is -0.480 e. The molecule has 0 spiro atoms. The molecular weight excluding hydrogens is 531 g/mol. The number of nitrogens with two attached hydrogens (primary N) is 1. The maximum absolute atomic E-state index is 15.8. The van der Waals surface area contributed by atoms with Crippen LogP contribution in [-0.4, -0.2) is 43.6 Å². The van der Waals surface area contributed by atoms with E-state index in [4.69, 9.17) is 22.1 Å². The molecule has 0 aliphatic rings. The van der Waals surface area contributed by atoms with Crippen LogP contribution in [0.2, 0.25) is 5.02 Å². The quantitative estimate of drug-likeness (QED) is 0.325. The summed E-state index contributed by atoms with van der Waals surface area (Å²) in [6, 6.07) is 3.64. The maximum atomic E-state index is 15.8. The Morgan fingerprint density at radius 3 is 2.46 bits per heavy atom. The molecule has 0 radical (unpaired) electrons. The van der Waals surface area contributed by atoms with Gasteiger partial charge in [0.25, 0.3) is 5.91 Å². The number of allylic oxidation sites excluding steroid dienone is 1. The van der Waals surface area contributed by atoms with Gasteiger partial charge in [-0.15, -0.1) is 11.7 Å². The van der Waals surface area contributed by atoms with Crippen LogP contribution in [0.25, 0.3) is 16.8 Å². The van der Waals surface area contributed by atoms with Crippen LogP contribution in [0, 0.1) is 11.6 Å². The predicted octanol–water partition coefficient (Wildman–Crippen LogP) is 3.95. The second-order valence-corrected chi connectivity index (χ2v) is 7.85. The summed E-state index contributed by atoms with van der Waals surface area (Å²) in [6.45, 7) is 3.56. The monoisotopic (exact) mass is 546 g/mol. The van der Waals surface area contributed by atoms with Gasteiger partial charge in [0, 0.05) is 23.7 Å². The molecular formula is C22H16ClF5N4O5. The SMILES string of the molecule is C=CCn1c(C(=O)O)nn(-c2cc(O[C@@H](C)C(F)(F)F)c(-c3c(F)cccc3Cl)c(C(N)=O)c2F)c1=O. The van der Waals surface area contributed by atoms with Gasteiger partial charge in [-0.3, -0.25) is 9.36 Å². The van der Waals surface area contributed by atoms with Crippen LogP contribution in [0.3, 0.4) is 0 Å². The minimum atomic E-state index is -4.98. The number of hydrogen-bond acceptors (Lipinski definition) is 5.